The fraction of sp³-hybridized carbons (Fsp3) is 0. The molecule has 3 aromatic rings. The molecule has 0 aliphatic rings. The van der Waals surface area contributed by atoms with E-state index in [1.165, 1.54) is 23.7 Å². The molecule has 3 heteroatoms. The van der Waals surface area contributed by atoms with E-state index in [4.69, 9.17) is 5.73 Å². The standard InChI is InChI=1S/C12H8INS/c13-7-3-1-5-9-11(7)12-8(14)4-2-6-10(12)15-9/h1-6H,14H2. The summed E-state index contributed by atoms with van der Waals surface area (Å²) in [7, 11) is 0. The summed E-state index contributed by atoms with van der Waals surface area (Å²) in [6.45, 7) is 0. The zero-order valence-electron chi connectivity index (χ0n) is 7.83. The number of nitrogens with two attached hydrogens (primary N) is 1. The average Bonchev–Trinajstić information content (AvgIpc) is 2.58. The molecule has 0 radical (unpaired) electrons. The van der Waals surface area contributed by atoms with Gasteiger partial charge in [-0.15, -0.1) is 11.3 Å². The predicted molar refractivity (Wildman–Crippen MR) is 76.5 cm³/mol. The molecule has 3 rings (SSSR count). The maximum absolute atomic E-state index is 6.04. The lowest BCUT2D eigenvalue weighted by atomic mass is 10.1. The second kappa shape index (κ2) is 3.35. The van der Waals surface area contributed by atoms with E-state index in [2.05, 4.69) is 46.9 Å². The number of benzene rings is 2. The SMILES string of the molecule is Nc1cccc2sc3cccc(I)c3c12. The van der Waals surface area contributed by atoms with Crippen molar-refractivity contribution in [3.05, 3.63) is 40.0 Å². The molecule has 0 unspecified atom stereocenters. The Balaban J connectivity index is 2.67. The van der Waals surface area contributed by atoms with E-state index in [0.717, 1.165) is 5.69 Å². The molecule has 2 aromatic carbocycles. The number of fused-ring (bicyclic) bond motifs is 3. The maximum atomic E-state index is 6.04. The van der Waals surface area contributed by atoms with Gasteiger partial charge in [0.1, 0.15) is 0 Å². The molecule has 74 valence electrons. The van der Waals surface area contributed by atoms with E-state index in [1.807, 2.05) is 12.1 Å². The highest BCUT2D eigenvalue weighted by molar-refractivity contribution is 14.1. The molecule has 0 atom stereocenters. The van der Waals surface area contributed by atoms with Crippen molar-refractivity contribution in [3.63, 3.8) is 0 Å². The molecule has 1 nitrogen and oxygen atoms in total. The van der Waals surface area contributed by atoms with Gasteiger partial charge in [0, 0.05) is 29.4 Å². The predicted octanol–water partition coefficient (Wildman–Crippen LogP) is 4.24. The number of nitrogen functional groups attached to an aromatic ring is 1. The monoisotopic (exact) mass is 325 g/mol. The summed E-state index contributed by atoms with van der Waals surface area (Å²) in [6, 6.07) is 12.5. The maximum Gasteiger partial charge on any atom is 0.0408 e. The Hall–Kier alpha value is -0.810. The topological polar surface area (TPSA) is 26.0 Å². The fourth-order valence-corrected chi connectivity index (χ4v) is 3.97. The molecule has 1 heterocycles. The van der Waals surface area contributed by atoms with Crippen LogP contribution in [0.25, 0.3) is 20.2 Å². The average molecular weight is 325 g/mol. The molecule has 0 spiro atoms. The first-order valence-electron chi connectivity index (χ1n) is 4.62. The van der Waals surface area contributed by atoms with Gasteiger partial charge in [0.05, 0.1) is 0 Å². The van der Waals surface area contributed by atoms with Crippen molar-refractivity contribution < 1.29 is 0 Å². The molecule has 0 bridgehead atoms. The quantitative estimate of drug-likeness (QED) is 0.485. The summed E-state index contributed by atoms with van der Waals surface area (Å²) in [5, 5.41) is 2.51. The summed E-state index contributed by atoms with van der Waals surface area (Å²) >= 11 is 4.18. The summed E-state index contributed by atoms with van der Waals surface area (Å²) in [4.78, 5) is 0. The van der Waals surface area contributed by atoms with Crippen molar-refractivity contribution in [2.45, 2.75) is 0 Å². The Labute approximate surface area is 105 Å². The van der Waals surface area contributed by atoms with Crippen LogP contribution in [0.5, 0.6) is 0 Å². The van der Waals surface area contributed by atoms with Crippen molar-refractivity contribution >= 4 is 59.8 Å². The van der Waals surface area contributed by atoms with Gasteiger partial charge in [-0.2, -0.15) is 0 Å². The van der Waals surface area contributed by atoms with Crippen LogP contribution in [-0.2, 0) is 0 Å². The van der Waals surface area contributed by atoms with Crippen LogP contribution in [0, 0.1) is 3.57 Å². The number of thiophene rings is 1. The molecule has 0 fully saturated rings. The van der Waals surface area contributed by atoms with Gasteiger partial charge in [-0.3, -0.25) is 0 Å². The molecule has 0 aliphatic carbocycles. The van der Waals surface area contributed by atoms with Crippen LogP contribution in [0.15, 0.2) is 36.4 Å². The molecular formula is C12H8INS. The first-order chi connectivity index (χ1) is 7.27. The molecule has 15 heavy (non-hydrogen) atoms. The van der Waals surface area contributed by atoms with Crippen LogP contribution in [0.2, 0.25) is 0 Å². The smallest absolute Gasteiger partial charge is 0.0408 e. The van der Waals surface area contributed by atoms with Gasteiger partial charge in [0.15, 0.2) is 0 Å². The summed E-state index contributed by atoms with van der Waals surface area (Å²) in [5.41, 5.74) is 6.92. The van der Waals surface area contributed by atoms with Gasteiger partial charge in [-0.25, -0.2) is 0 Å². The first-order valence-corrected chi connectivity index (χ1v) is 6.52. The minimum absolute atomic E-state index is 0.878. The number of hydrogen-bond donors (Lipinski definition) is 1. The largest absolute Gasteiger partial charge is 0.398 e. The highest BCUT2D eigenvalue weighted by atomic mass is 127. The van der Waals surface area contributed by atoms with Gasteiger partial charge < -0.3 is 5.73 Å². The van der Waals surface area contributed by atoms with Gasteiger partial charge in [-0.1, -0.05) is 12.1 Å². The third kappa shape index (κ3) is 1.33. The normalized spacial score (nSPS) is 11.3. The van der Waals surface area contributed by atoms with Crippen LogP contribution in [0.4, 0.5) is 5.69 Å². The molecule has 0 amide bonds. The number of rotatable bonds is 0. The summed E-state index contributed by atoms with van der Waals surface area (Å²) in [5.74, 6) is 0. The summed E-state index contributed by atoms with van der Waals surface area (Å²) in [6.07, 6.45) is 0. The van der Waals surface area contributed by atoms with Gasteiger partial charge >= 0.3 is 0 Å². The minimum Gasteiger partial charge on any atom is -0.398 e. The fourth-order valence-electron chi connectivity index (χ4n) is 1.85. The second-order valence-corrected chi connectivity index (χ2v) is 5.68. The third-order valence-corrected chi connectivity index (χ3v) is 4.52. The molecule has 0 aliphatic heterocycles. The van der Waals surface area contributed by atoms with E-state index < -0.39 is 0 Å². The van der Waals surface area contributed by atoms with Crippen molar-refractivity contribution in [3.8, 4) is 0 Å². The van der Waals surface area contributed by atoms with Gasteiger partial charge in [0.25, 0.3) is 0 Å². The number of hydrogen-bond acceptors (Lipinski definition) is 2. The second-order valence-electron chi connectivity index (χ2n) is 3.44. The number of anilines is 1. The zero-order chi connectivity index (χ0) is 10.4. The highest BCUT2D eigenvalue weighted by Gasteiger charge is 2.09. The minimum atomic E-state index is 0.878. The molecule has 0 saturated heterocycles. The molecule has 2 N–H and O–H groups in total. The zero-order valence-corrected chi connectivity index (χ0v) is 10.8. The van der Waals surface area contributed by atoms with E-state index >= 15 is 0 Å². The number of halogens is 1. The Morgan fingerprint density at radius 2 is 1.60 bits per heavy atom. The van der Waals surface area contributed by atoms with E-state index in [1.54, 1.807) is 11.3 Å². The van der Waals surface area contributed by atoms with Crippen LogP contribution < -0.4 is 5.73 Å². The highest BCUT2D eigenvalue weighted by Crippen LogP contribution is 2.39. The van der Waals surface area contributed by atoms with Crippen LogP contribution in [0.3, 0.4) is 0 Å². The van der Waals surface area contributed by atoms with Crippen LogP contribution >= 0.6 is 33.9 Å². The molecule has 0 saturated carbocycles. The molecule has 1 aromatic heterocycles. The lowest BCUT2D eigenvalue weighted by Gasteiger charge is -1.98. The van der Waals surface area contributed by atoms with E-state index in [0.29, 0.717) is 0 Å². The van der Waals surface area contributed by atoms with E-state index in [-0.39, 0.29) is 0 Å². The Morgan fingerprint density at radius 1 is 0.933 bits per heavy atom. The Morgan fingerprint density at radius 3 is 2.40 bits per heavy atom. The van der Waals surface area contributed by atoms with Crippen molar-refractivity contribution in [2.24, 2.45) is 0 Å². The lowest BCUT2D eigenvalue weighted by molar-refractivity contribution is 1.77. The summed E-state index contributed by atoms with van der Waals surface area (Å²) < 4.78 is 3.86. The van der Waals surface area contributed by atoms with Gasteiger partial charge in [0.2, 0.25) is 0 Å². The van der Waals surface area contributed by atoms with Crippen molar-refractivity contribution in [1.82, 2.24) is 0 Å². The Kier molecular flexibility index (Phi) is 2.10. The lowest BCUT2D eigenvalue weighted by Crippen LogP contribution is -1.84. The van der Waals surface area contributed by atoms with E-state index in [9.17, 15) is 0 Å². The third-order valence-electron chi connectivity index (χ3n) is 2.50. The van der Waals surface area contributed by atoms with Crippen molar-refractivity contribution in [1.29, 1.82) is 0 Å². The Bertz CT molecular complexity index is 601. The van der Waals surface area contributed by atoms with Gasteiger partial charge in [-0.05, 0) is 46.9 Å². The first kappa shape index (κ1) is 9.42. The van der Waals surface area contributed by atoms with Crippen LogP contribution in [-0.4, -0.2) is 0 Å². The van der Waals surface area contributed by atoms with Crippen molar-refractivity contribution in [2.75, 3.05) is 5.73 Å². The molecular weight excluding hydrogens is 317 g/mol. The van der Waals surface area contributed by atoms with Crippen LogP contribution in [0.1, 0.15) is 0 Å².